The van der Waals surface area contributed by atoms with E-state index in [9.17, 15) is 5.11 Å². The first-order valence-corrected chi connectivity index (χ1v) is 7.75. The van der Waals surface area contributed by atoms with Crippen LogP contribution in [0.3, 0.4) is 0 Å². The van der Waals surface area contributed by atoms with Gasteiger partial charge in [-0.2, -0.15) is 0 Å². The van der Waals surface area contributed by atoms with Crippen molar-refractivity contribution < 1.29 is 5.11 Å². The van der Waals surface area contributed by atoms with Gasteiger partial charge in [0.2, 0.25) is 0 Å². The normalized spacial score (nSPS) is 22.0. The molecule has 0 aromatic carbocycles. The Kier molecular flexibility index (Phi) is 4.37. The Morgan fingerprint density at radius 1 is 1.28 bits per heavy atom. The monoisotopic (exact) mass is 287 g/mol. The molecule has 1 aliphatic rings. The summed E-state index contributed by atoms with van der Waals surface area (Å²) in [5, 5.41) is 13.9. The fourth-order valence-electron chi connectivity index (χ4n) is 2.43. The second kappa shape index (κ2) is 5.49. The Balaban J connectivity index is 1.76. The van der Waals surface area contributed by atoms with Crippen LogP contribution in [0.25, 0.3) is 0 Å². The number of thiophene rings is 1. The quantitative estimate of drug-likeness (QED) is 0.882. The van der Waals surface area contributed by atoms with Crippen LogP contribution in [0.5, 0.6) is 0 Å². The molecule has 4 heteroatoms. The van der Waals surface area contributed by atoms with Gasteiger partial charge in [0.25, 0.3) is 0 Å². The Morgan fingerprint density at radius 2 is 1.94 bits per heavy atom. The molecule has 0 aliphatic heterocycles. The van der Waals surface area contributed by atoms with E-state index in [-0.39, 0.29) is 0 Å². The lowest BCUT2D eigenvalue weighted by Crippen LogP contribution is -2.44. The highest BCUT2D eigenvalue weighted by atomic mass is 35.5. The van der Waals surface area contributed by atoms with Crippen molar-refractivity contribution in [1.29, 1.82) is 0 Å². The predicted octanol–water partition coefficient (Wildman–Crippen LogP) is 3.82. The van der Waals surface area contributed by atoms with Gasteiger partial charge in [-0.15, -0.1) is 11.3 Å². The van der Waals surface area contributed by atoms with Crippen LogP contribution in [0.4, 0.5) is 0 Å². The Bertz CT molecular complexity index is 392. The van der Waals surface area contributed by atoms with E-state index in [0.717, 1.165) is 36.6 Å². The first kappa shape index (κ1) is 14.3. The highest BCUT2D eigenvalue weighted by molar-refractivity contribution is 7.16. The largest absolute Gasteiger partial charge is 0.389 e. The maximum atomic E-state index is 10.5. The van der Waals surface area contributed by atoms with E-state index >= 15 is 0 Å². The lowest BCUT2D eigenvalue weighted by atomic mass is 9.71. The molecule has 1 aliphatic carbocycles. The van der Waals surface area contributed by atoms with Crippen LogP contribution in [0.1, 0.15) is 44.4 Å². The molecule has 102 valence electrons. The molecule has 1 fully saturated rings. The first-order chi connectivity index (χ1) is 8.39. The van der Waals surface area contributed by atoms with E-state index in [4.69, 9.17) is 11.6 Å². The van der Waals surface area contributed by atoms with Crippen LogP contribution in [-0.4, -0.2) is 17.3 Å². The van der Waals surface area contributed by atoms with Gasteiger partial charge in [0, 0.05) is 18.0 Å². The highest BCUT2D eigenvalue weighted by Crippen LogP contribution is 2.39. The van der Waals surface area contributed by atoms with Crippen LogP contribution >= 0.6 is 22.9 Å². The van der Waals surface area contributed by atoms with Crippen LogP contribution in [0.2, 0.25) is 4.34 Å². The summed E-state index contributed by atoms with van der Waals surface area (Å²) in [6, 6.07) is 3.95. The minimum absolute atomic E-state index is 0.396. The fourth-order valence-corrected chi connectivity index (χ4v) is 3.49. The van der Waals surface area contributed by atoms with Gasteiger partial charge in [0.15, 0.2) is 0 Å². The van der Waals surface area contributed by atoms with E-state index in [0.29, 0.717) is 12.0 Å². The van der Waals surface area contributed by atoms with Crippen LogP contribution in [0.15, 0.2) is 12.1 Å². The van der Waals surface area contributed by atoms with E-state index in [1.54, 1.807) is 11.3 Å². The average molecular weight is 288 g/mol. The van der Waals surface area contributed by atoms with Gasteiger partial charge in [-0.05, 0) is 43.2 Å². The summed E-state index contributed by atoms with van der Waals surface area (Å²) < 4.78 is 0.824. The number of aliphatic hydroxyl groups is 1. The first-order valence-electron chi connectivity index (χ1n) is 6.56. The van der Waals surface area contributed by atoms with Crippen LogP contribution < -0.4 is 5.32 Å². The van der Waals surface area contributed by atoms with Crippen molar-refractivity contribution in [3.05, 3.63) is 21.3 Å². The average Bonchev–Trinajstić information content (AvgIpc) is 2.70. The molecule has 2 nitrogen and oxygen atoms in total. The maximum Gasteiger partial charge on any atom is 0.0931 e. The Morgan fingerprint density at radius 3 is 2.50 bits per heavy atom. The third-order valence-corrected chi connectivity index (χ3v) is 5.15. The number of hydrogen-bond acceptors (Lipinski definition) is 3. The van der Waals surface area contributed by atoms with Gasteiger partial charge in [-0.3, -0.25) is 0 Å². The summed E-state index contributed by atoms with van der Waals surface area (Å²) in [4.78, 5) is 1.22. The van der Waals surface area contributed by atoms with E-state index in [1.807, 2.05) is 12.1 Å². The Hall–Kier alpha value is -0.0900. The number of nitrogens with one attached hydrogen (secondary N) is 1. The standard InChI is InChI=1S/C14H22ClNOS/c1-13(2)5-7-14(17,8-6-13)10-16-9-11-3-4-12(15)18-11/h3-4,16-17H,5-10H2,1-2H3. The zero-order chi connectivity index (χ0) is 13.2. The second-order valence-electron chi connectivity index (χ2n) is 6.20. The van der Waals surface area contributed by atoms with Gasteiger partial charge in [-0.1, -0.05) is 25.4 Å². The molecule has 0 radical (unpaired) electrons. The number of hydrogen-bond donors (Lipinski definition) is 2. The van der Waals surface area contributed by atoms with Crippen molar-refractivity contribution in [2.24, 2.45) is 5.41 Å². The van der Waals surface area contributed by atoms with Gasteiger partial charge in [-0.25, -0.2) is 0 Å². The minimum Gasteiger partial charge on any atom is -0.389 e. The van der Waals surface area contributed by atoms with Crippen molar-refractivity contribution >= 4 is 22.9 Å². The predicted molar refractivity (Wildman–Crippen MR) is 78.2 cm³/mol. The highest BCUT2D eigenvalue weighted by Gasteiger charge is 2.36. The third kappa shape index (κ3) is 3.95. The minimum atomic E-state index is -0.517. The second-order valence-corrected chi connectivity index (χ2v) is 8.00. The molecule has 0 spiro atoms. The summed E-state index contributed by atoms with van der Waals surface area (Å²) in [7, 11) is 0. The zero-order valence-corrected chi connectivity index (χ0v) is 12.7. The van der Waals surface area contributed by atoms with Crippen LogP contribution in [0, 0.1) is 5.41 Å². The molecule has 0 bridgehead atoms. The van der Waals surface area contributed by atoms with E-state index < -0.39 is 5.60 Å². The molecule has 1 heterocycles. The maximum absolute atomic E-state index is 10.5. The summed E-state index contributed by atoms with van der Waals surface area (Å²) in [5.74, 6) is 0. The summed E-state index contributed by atoms with van der Waals surface area (Å²) >= 11 is 7.48. The molecule has 1 saturated carbocycles. The summed E-state index contributed by atoms with van der Waals surface area (Å²) in [6.45, 7) is 6.04. The lowest BCUT2D eigenvalue weighted by Gasteiger charge is -2.40. The van der Waals surface area contributed by atoms with Crippen LogP contribution in [-0.2, 0) is 6.54 Å². The lowest BCUT2D eigenvalue weighted by molar-refractivity contribution is -0.0244. The van der Waals surface area contributed by atoms with E-state index in [1.165, 1.54) is 4.88 Å². The number of rotatable bonds is 4. The molecule has 18 heavy (non-hydrogen) atoms. The molecule has 2 rings (SSSR count). The molecular weight excluding hydrogens is 266 g/mol. The SMILES string of the molecule is CC1(C)CCC(O)(CNCc2ccc(Cl)s2)CC1. The van der Waals surface area contributed by atoms with Gasteiger partial charge < -0.3 is 10.4 Å². The summed E-state index contributed by atoms with van der Waals surface area (Å²) in [6.07, 6.45) is 4.02. The zero-order valence-electron chi connectivity index (χ0n) is 11.1. The molecule has 0 saturated heterocycles. The topological polar surface area (TPSA) is 32.3 Å². The van der Waals surface area contributed by atoms with Gasteiger partial charge >= 0.3 is 0 Å². The smallest absolute Gasteiger partial charge is 0.0931 e. The molecule has 1 aromatic rings. The van der Waals surface area contributed by atoms with Crippen molar-refractivity contribution in [2.45, 2.75) is 51.7 Å². The molecular formula is C14H22ClNOS. The molecule has 2 N–H and O–H groups in total. The Labute approximate surface area is 118 Å². The van der Waals surface area contributed by atoms with Gasteiger partial charge in [0.1, 0.15) is 0 Å². The van der Waals surface area contributed by atoms with Crippen molar-refractivity contribution in [1.82, 2.24) is 5.32 Å². The molecule has 1 aromatic heterocycles. The number of halogens is 1. The van der Waals surface area contributed by atoms with Gasteiger partial charge in [0.05, 0.1) is 9.94 Å². The fraction of sp³-hybridized carbons (Fsp3) is 0.714. The van der Waals surface area contributed by atoms with Crippen molar-refractivity contribution in [3.63, 3.8) is 0 Å². The summed E-state index contributed by atoms with van der Waals surface area (Å²) in [5.41, 5.74) is -0.121. The third-order valence-electron chi connectivity index (χ3n) is 3.92. The molecule has 0 unspecified atom stereocenters. The van der Waals surface area contributed by atoms with E-state index in [2.05, 4.69) is 19.2 Å². The van der Waals surface area contributed by atoms with Crippen molar-refractivity contribution in [2.75, 3.05) is 6.54 Å². The van der Waals surface area contributed by atoms with Crippen molar-refractivity contribution in [3.8, 4) is 0 Å². The molecule has 0 amide bonds. The molecule has 0 atom stereocenters.